The van der Waals surface area contributed by atoms with Crippen LogP contribution in [0.25, 0.3) is 0 Å². The maximum absolute atomic E-state index is 11.1. The molecule has 0 aliphatic carbocycles. The van der Waals surface area contributed by atoms with E-state index in [0.29, 0.717) is 12.1 Å². The van der Waals surface area contributed by atoms with E-state index >= 15 is 0 Å². The minimum absolute atomic E-state index is 0. The molecule has 2 rings (SSSR count). The number of primary amides is 1. The van der Waals surface area contributed by atoms with E-state index < -0.39 is 5.91 Å². The van der Waals surface area contributed by atoms with E-state index in [1.54, 1.807) is 12.1 Å². The molecule has 140 valence electrons. The molecule has 0 aliphatic heterocycles. The van der Waals surface area contributed by atoms with Gasteiger partial charge in [-0.3, -0.25) is 4.79 Å². The highest BCUT2D eigenvalue weighted by Gasteiger charge is 2.03. The van der Waals surface area contributed by atoms with Crippen LogP contribution < -0.4 is 16.4 Å². The SMILES string of the molecule is CCNC(=NCc1ccc(C(N)=O)cc1)NCc1ccc(C)cc1C.I. The molecule has 4 N–H and O–H groups in total. The molecule has 0 saturated heterocycles. The first kappa shape index (κ1) is 22.0. The van der Waals surface area contributed by atoms with Crippen LogP contribution in [0.5, 0.6) is 0 Å². The number of nitrogens with one attached hydrogen (secondary N) is 2. The Bertz CT molecular complexity index is 757. The van der Waals surface area contributed by atoms with E-state index in [4.69, 9.17) is 5.73 Å². The van der Waals surface area contributed by atoms with Crippen molar-refractivity contribution in [2.24, 2.45) is 10.7 Å². The number of rotatable bonds is 6. The maximum Gasteiger partial charge on any atom is 0.248 e. The lowest BCUT2D eigenvalue weighted by atomic mass is 10.1. The molecule has 0 atom stereocenters. The van der Waals surface area contributed by atoms with Crippen LogP contribution >= 0.6 is 24.0 Å². The normalized spacial score (nSPS) is 10.8. The van der Waals surface area contributed by atoms with Crippen molar-refractivity contribution in [2.75, 3.05) is 6.54 Å². The molecule has 0 fully saturated rings. The lowest BCUT2D eigenvalue weighted by Crippen LogP contribution is -2.36. The summed E-state index contributed by atoms with van der Waals surface area (Å²) in [6.45, 7) is 8.29. The monoisotopic (exact) mass is 466 g/mol. The summed E-state index contributed by atoms with van der Waals surface area (Å²) in [4.78, 5) is 15.7. The van der Waals surface area contributed by atoms with Crippen LogP contribution in [0.4, 0.5) is 0 Å². The lowest BCUT2D eigenvalue weighted by molar-refractivity contribution is 0.100. The van der Waals surface area contributed by atoms with E-state index in [1.807, 2.05) is 19.1 Å². The largest absolute Gasteiger partial charge is 0.366 e. The van der Waals surface area contributed by atoms with Gasteiger partial charge in [-0.1, -0.05) is 35.9 Å². The molecule has 0 radical (unpaired) electrons. The first-order valence-electron chi connectivity index (χ1n) is 8.46. The third kappa shape index (κ3) is 6.67. The van der Waals surface area contributed by atoms with Crippen molar-refractivity contribution in [3.8, 4) is 0 Å². The number of nitrogens with zero attached hydrogens (tertiary/aromatic N) is 1. The summed E-state index contributed by atoms with van der Waals surface area (Å²) in [5.41, 5.74) is 10.6. The Morgan fingerprint density at radius 1 is 1.08 bits per heavy atom. The van der Waals surface area contributed by atoms with Gasteiger partial charge in [0.15, 0.2) is 5.96 Å². The van der Waals surface area contributed by atoms with E-state index in [0.717, 1.165) is 24.6 Å². The van der Waals surface area contributed by atoms with Crippen molar-refractivity contribution in [1.29, 1.82) is 0 Å². The zero-order valence-corrected chi connectivity index (χ0v) is 17.8. The fourth-order valence-corrected chi connectivity index (χ4v) is 2.51. The fourth-order valence-electron chi connectivity index (χ4n) is 2.51. The number of aliphatic imine (C=N–C) groups is 1. The predicted molar refractivity (Wildman–Crippen MR) is 118 cm³/mol. The number of aryl methyl sites for hydroxylation is 2. The highest BCUT2D eigenvalue weighted by molar-refractivity contribution is 14.0. The Balaban J connectivity index is 0.00000338. The Morgan fingerprint density at radius 3 is 2.35 bits per heavy atom. The number of hydrogen-bond acceptors (Lipinski definition) is 2. The number of amides is 1. The van der Waals surface area contributed by atoms with Gasteiger partial charge in [0.25, 0.3) is 0 Å². The van der Waals surface area contributed by atoms with E-state index in [9.17, 15) is 4.79 Å². The van der Waals surface area contributed by atoms with Crippen LogP contribution in [0.3, 0.4) is 0 Å². The molecule has 5 nitrogen and oxygen atoms in total. The Labute approximate surface area is 172 Å². The number of benzene rings is 2. The van der Waals surface area contributed by atoms with E-state index in [-0.39, 0.29) is 24.0 Å². The van der Waals surface area contributed by atoms with Crippen LogP contribution in [0, 0.1) is 13.8 Å². The fraction of sp³-hybridized carbons (Fsp3) is 0.300. The van der Waals surface area contributed by atoms with Gasteiger partial charge in [0.2, 0.25) is 5.91 Å². The van der Waals surface area contributed by atoms with Crippen molar-refractivity contribution in [3.63, 3.8) is 0 Å². The maximum atomic E-state index is 11.1. The summed E-state index contributed by atoms with van der Waals surface area (Å²) < 4.78 is 0. The van der Waals surface area contributed by atoms with Crippen molar-refractivity contribution in [3.05, 3.63) is 70.3 Å². The van der Waals surface area contributed by atoms with Gasteiger partial charge in [-0.05, 0) is 49.6 Å². The standard InChI is InChI=1S/C20H26N4O.HI/c1-4-22-20(24-13-18-8-5-14(2)11-15(18)3)23-12-16-6-9-17(10-7-16)19(21)25;/h5-11H,4,12-13H2,1-3H3,(H2,21,25)(H2,22,23,24);1H. The number of carbonyl (C=O) groups is 1. The Morgan fingerprint density at radius 2 is 1.77 bits per heavy atom. The molecular formula is C20H27IN4O. The minimum atomic E-state index is -0.418. The lowest BCUT2D eigenvalue weighted by Gasteiger charge is -2.13. The van der Waals surface area contributed by atoms with Crippen LogP contribution in [0.2, 0.25) is 0 Å². The van der Waals surface area contributed by atoms with Gasteiger partial charge >= 0.3 is 0 Å². The Hall–Kier alpha value is -2.09. The summed E-state index contributed by atoms with van der Waals surface area (Å²) >= 11 is 0. The highest BCUT2D eigenvalue weighted by Crippen LogP contribution is 2.10. The van der Waals surface area contributed by atoms with E-state index in [1.165, 1.54) is 16.7 Å². The van der Waals surface area contributed by atoms with Crippen LogP contribution in [0.15, 0.2) is 47.5 Å². The van der Waals surface area contributed by atoms with Gasteiger partial charge in [0.1, 0.15) is 0 Å². The van der Waals surface area contributed by atoms with Crippen LogP contribution in [-0.2, 0) is 13.1 Å². The summed E-state index contributed by atoms with van der Waals surface area (Å²) in [7, 11) is 0. The van der Waals surface area contributed by atoms with Gasteiger partial charge in [0.05, 0.1) is 6.54 Å². The zero-order chi connectivity index (χ0) is 18.2. The van der Waals surface area contributed by atoms with Crippen molar-refractivity contribution in [1.82, 2.24) is 10.6 Å². The third-order valence-corrected chi connectivity index (χ3v) is 3.95. The minimum Gasteiger partial charge on any atom is -0.366 e. The molecule has 0 heterocycles. The molecule has 1 amide bonds. The zero-order valence-electron chi connectivity index (χ0n) is 15.5. The molecule has 2 aromatic rings. The van der Waals surface area contributed by atoms with E-state index in [2.05, 4.69) is 47.7 Å². The molecular weight excluding hydrogens is 439 g/mol. The van der Waals surface area contributed by atoms with Gasteiger partial charge in [0, 0.05) is 18.7 Å². The molecule has 0 aliphatic rings. The average molecular weight is 466 g/mol. The molecule has 0 aromatic heterocycles. The molecule has 26 heavy (non-hydrogen) atoms. The topological polar surface area (TPSA) is 79.5 Å². The van der Waals surface area contributed by atoms with Crippen molar-refractivity contribution in [2.45, 2.75) is 33.9 Å². The number of carbonyl (C=O) groups excluding carboxylic acids is 1. The summed E-state index contributed by atoms with van der Waals surface area (Å²) in [6, 6.07) is 13.6. The van der Waals surface area contributed by atoms with Gasteiger partial charge in [-0.2, -0.15) is 0 Å². The number of nitrogens with two attached hydrogens (primary N) is 1. The second-order valence-corrected chi connectivity index (χ2v) is 6.04. The smallest absolute Gasteiger partial charge is 0.248 e. The quantitative estimate of drug-likeness (QED) is 0.348. The number of hydrogen-bond donors (Lipinski definition) is 3. The third-order valence-electron chi connectivity index (χ3n) is 3.95. The van der Waals surface area contributed by atoms with Crippen molar-refractivity contribution >= 4 is 35.8 Å². The highest BCUT2D eigenvalue weighted by atomic mass is 127. The van der Waals surface area contributed by atoms with Crippen LogP contribution in [-0.4, -0.2) is 18.4 Å². The average Bonchev–Trinajstić information content (AvgIpc) is 2.59. The molecule has 0 spiro atoms. The molecule has 0 bridgehead atoms. The second-order valence-electron chi connectivity index (χ2n) is 6.04. The number of guanidine groups is 1. The Kier molecular flexibility index (Phi) is 9.12. The summed E-state index contributed by atoms with van der Waals surface area (Å²) in [5, 5.41) is 6.61. The van der Waals surface area contributed by atoms with Crippen LogP contribution in [0.1, 0.15) is 39.5 Å². The number of halogens is 1. The summed E-state index contributed by atoms with van der Waals surface area (Å²) in [6.07, 6.45) is 0. The van der Waals surface area contributed by atoms with Gasteiger partial charge in [-0.15, -0.1) is 24.0 Å². The first-order chi connectivity index (χ1) is 12.0. The molecule has 0 unspecified atom stereocenters. The van der Waals surface area contributed by atoms with Gasteiger partial charge < -0.3 is 16.4 Å². The van der Waals surface area contributed by atoms with Crippen molar-refractivity contribution < 1.29 is 4.79 Å². The van der Waals surface area contributed by atoms with Gasteiger partial charge in [-0.25, -0.2) is 4.99 Å². The summed E-state index contributed by atoms with van der Waals surface area (Å²) in [5.74, 6) is 0.347. The molecule has 2 aromatic carbocycles. The molecule has 0 saturated carbocycles. The second kappa shape index (κ2) is 10.8. The predicted octanol–water partition coefficient (Wildman–Crippen LogP) is 3.28. The molecule has 6 heteroatoms. The first-order valence-corrected chi connectivity index (χ1v) is 8.46.